The highest BCUT2D eigenvalue weighted by molar-refractivity contribution is 6.34. The third kappa shape index (κ3) is 3.08. The maximum absolute atomic E-state index is 12.0. The Labute approximate surface area is 137 Å². The van der Waals surface area contributed by atoms with Gasteiger partial charge in [-0.05, 0) is 31.0 Å². The maximum Gasteiger partial charge on any atom is 0.254 e. The fourth-order valence-corrected chi connectivity index (χ4v) is 3.47. The Morgan fingerprint density at radius 1 is 1.18 bits per heavy atom. The summed E-state index contributed by atoms with van der Waals surface area (Å²) in [5, 5.41) is 0.539. The maximum atomic E-state index is 12.0. The lowest BCUT2D eigenvalue weighted by Gasteiger charge is -2.43. The summed E-state index contributed by atoms with van der Waals surface area (Å²) < 4.78 is 0. The average Bonchev–Trinajstić information content (AvgIpc) is 2.45. The molecule has 1 saturated heterocycles. The summed E-state index contributed by atoms with van der Waals surface area (Å²) in [6, 6.07) is 6.61. The highest BCUT2D eigenvalue weighted by atomic mass is 35.5. The van der Waals surface area contributed by atoms with E-state index in [0.29, 0.717) is 10.6 Å². The number of piperazine rings is 1. The standard InChI is InChI=1S/C17H24ClN3O/c1-19(2)17(22)15-7-6-14(12-16(15)18)21-10-8-20(9-11-21)13-4-3-5-13/h6-7,12-13H,3-5,8-11H2,1-2H3. The zero-order valence-electron chi connectivity index (χ0n) is 13.4. The Morgan fingerprint density at radius 2 is 1.86 bits per heavy atom. The Balaban J connectivity index is 1.65. The lowest BCUT2D eigenvalue weighted by molar-refractivity contribution is 0.0828. The summed E-state index contributed by atoms with van der Waals surface area (Å²) in [7, 11) is 3.48. The molecule has 1 aliphatic carbocycles. The van der Waals surface area contributed by atoms with E-state index in [9.17, 15) is 4.79 Å². The molecule has 3 rings (SSSR count). The van der Waals surface area contributed by atoms with Crippen molar-refractivity contribution < 1.29 is 4.79 Å². The van der Waals surface area contributed by atoms with E-state index in [1.54, 1.807) is 19.0 Å². The molecule has 1 amide bonds. The molecule has 5 heteroatoms. The van der Waals surface area contributed by atoms with Crippen LogP contribution in [0.25, 0.3) is 0 Å². The van der Waals surface area contributed by atoms with E-state index in [0.717, 1.165) is 37.9 Å². The van der Waals surface area contributed by atoms with Crippen LogP contribution in [0.4, 0.5) is 5.69 Å². The molecule has 2 aliphatic rings. The minimum Gasteiger partial charge on any atom is -0.369 e. The Hall–Kier alpha value is -1.26. The van der Waals surface area contributed by atoms with Crippen molar-refractivity contribution in [2.75, 3.05) is 45.2 Å². The molecule has 1 aliphatic heterocycles. The highest BCUT2D eigenvalue weighted by Gasteiger charge is 2.28. The predicted molar refractivity (Wildman–Crippen MR) is 90.9 cm³/mol. The van der Waals surface area contributed by atoms with Crippen LogP contribution in [-0.2, 0) is 0 Å². The van der Waals surface area contributed by atoms with Gasteiger partial charge in [0.2, 0.25) is 0 Å². The highest BCUT2D eigenvalue weighted by Crippen LogP contribution is 2.28. The van der Waals surface area contributed by atoms with Gasteiger partial charge in [-0.2, -0.15) is 0 Å². The van der Waals surface area contributed by atoms with E-state index in [1.165, 1.54) is 19.3 Å². The Morgan fingerprint density at radius 3 is 2.36 bits per heavy atom. The fraction of sp³-hybridized carbons (Fsp3) is 0.588. The number of hydrogen-bond donors (Lipinski definition) is 0. The zero-order valence-corrected chi connectivity index (χ0v) is 14.1. The summed E-state index contributed by atoms with van der Waals surface area (Å²) in [6.45, 7) is 4.32. The molecule has 2 fully saturated rings. The molecule has 1 heterocycles. The number of nitrogens with zero attached hydrogens (tertiary/aromatic N) is 3. The molecule has 0 bridgehead atoms. The monoisotopic (exact) mass is 321 g/mol. The summed E-state index contributed by atoms with van der Waals surface area (Å²) in [4.78, 5) is 18.6. The van der Waals surface area contributed by atoms with E-state index in [2.05, 4.69) is 9.80 Å². The number of carbonyl (C=O) groups is 1. The van der Waals surface area contributed by atoms with Crippen molar-refractivity contribution in [1.29, 1.82) is 0 Å². The smallest absolute Gasteiger partial charge is 0.254 e. The summed E-state index contributed by atoms with van der Waals surface area (Å²) >= 11 is 6.31. The van der Waals surface area contributed by atoms with E-state index in [-0.39, 0.29) is 5.91 Å². The van der Waals surface area contributed by atoms with Gasteiger partial charge < -0.3 is 9.80 Å². The molecule has 4 nitrogen and oxygen atoms in total. The first kappa shape index (κ1) is 15.6. The van der Waals surface area contributed by atoms with Crippen molar-refractivity contribution in [2.45, 2.75) is 25.3 Å². The van der Waals surface area contributed by atoms with Crippen LogP contribution in [0.1, 0.15) is 29.6 Å². The van der Waals surface area contributed by atoms with Crippen molar-refractivity contribution in [3.8, 4) is 0 Å². The van der Waals surface area contributed by atoms with Gasteiger partial charge in [0, 0.05) is 52.0 Å². The van der Waals surface area contributed by atoms with Gasteiger partial charge in [-0.3, -0.25) is 9.69 Å². The summed E-state index contributed by atoms with van der Waals surface area (Å²) in [5.74, 6) is -0.0497. The summed E-state index contributed by atoms with van der Waals surface area (Å²) in [6.07, 6.45) is 4.13. The Bertz CT molecular complexity index is 549. The van der Waals surface area contributed by atoms with Gasteiger partial charge in [-0.15, -0.1) is 0 Å². The molecule has 0 radical (unpaired) electrons. The van der Waals surface area contributed by atoms with Gasteiger partial charge in [-0.25, -0.2) is 0 Å². The fourth-order valence-electron chi connectivity index (χ4n) is 3.21. The molecular weight excluding hydrogens is 298 g/mol. The second-order valence-corrected chi connectivity index (χ2v) is 6.88. The first-order valence-electron chi connectivity index (χ1n) is 8.06. The van der Waals surface area contributed by atoms with Gasteiger partial charge >= 0.3 is 0 Å². The number of amides is 1. The number of benzene rings is 1. The van der Waals surface area contributed by atoms with Crippen LogP contribution in [0, 0.1) is 0 Å². The molecule has 0 aromatic heterocycles. The molecule has 0 spiro atoms. The van der Waals surface area contributed by atoms with Crippen molar-refractivity contribution in [3.63, 3.8) is 0 Å². The first-order valence-corrected chi connectivity index (χ1v) is 8.44. The normalized spacial score (nSPS) is 19.9. The SMILES string of the molecule is CN(C)C(=O)c1ccc(N2CCN(C3CCC3)CC2)cc1Cl. The minimum absolute atomic E-state index is 0.0497. The van der Waals surface area contributed by atoms with Crippen LogP contribution in [0.3, 0.4) is 0 Å². The van der Waals surface area contributed by atoms with Crippen LogP contribution in [0.15, 0.2) is 18.2 Å². The summed E-state index contributed by atoms with van der Waals surface area (Å²) in [5.41, 5.74) is 1.69. The molecule has 1 aromatic rings. The first-order chi connectivity index (χ1) is 10.6. The van der Waals surface area contributed by atoms with Crippen molar-refractivity contribution in [3.05, 3.63) is 28.8 Å². The van der Waals surface area contributed by atoms with Gasteiger partial charge in [0.1, 0.15) is 0 Å². The minimum atomic E-state index is -0.0497. The molecule has 1 aromatic carbocycles. The van der Waals surface area contributed by atoms with E-state index < -0.39 is 0 Å². The van der Waals surface area contributed by atoms with Gasteiger partial charge in [-0.1, -0.05) is 18.0 Å². The number of carbonyl (C=O) groups excluding carboxylic acids is 1. The topological polar surface area (TPSA) is 26.8 Å². The van der Waals surface area contributed by atoms with Crippen LogP contribution in [-0.4, -0.2) is 62.0 Å². The largest absolute Gasteiger partial charge is 0.369 e. The Kier molecular flexibility index (Phi) is 4.59. The predicted octanol–water partition coefficient (Wildman–Crippen LogP) is 2.72. The third-order valence-corrected chi connectivity index (χ3v) is 5.17. The van der Waals surface area contributed by atoms with Crippen LogP contribution in [0.5, 0.6) is 0 Å². The number of anilines is 1. The average molecular weight is 322 g/mol. The van der Waals surface area contributed by atoms with Crippen LogP contribution >= 0.6 is 11.6 Å². The lowest BCUT2D eigenvalue weighted by Crippen LogP contribution is -2.52. The second-order valence-electron chi connectivity index (χ2n) is 6.47. The van der Waals surface area contributed by atoms with E-state index in [1.807, 2.05) is 18.2 Å². The molecule has 0 unspecified atom stereocenters. The zero-order chi connectivity index (χ0) is 15.7. The quantitative estimate of drug-likeness (QED) is 0.856. The second kappa shape index (κ2) is 6.47. The molecule has 0 N–H and O–H groups in total. The van der Waals surface area contributed by atoms with E-state index in [4.69, 9.17) is 11.6 Å². The molecule has 0 atom stereocenters. The molecule has 120 valence electrons. The lowest BCUT2D eigenvalue weighted by atomic mass is 9.91. The molecular formula is C17H24ClN3O. The van der Waals surface area contributed by atoms with Gasteiger partial charge in [0.15, 0.2) is 0 Å². The van der Waals surface area contributed by atoms with Gasteiger partial charge in [0.25, 0.3) is 5.91 Å². The number of hydrogen-bond acceptors (Lipinski definition) is 3. The van der Waals surface area contributed by atoms with Crippen molar-refractivity contribution in [1.82, 2.24) is 9.80 Å². The van der Waals surface area contributed by atoms with Gasteiger partial charge in [0.05, 0.1) is 10.6 Å². The van der Waals surface area contributed by atoms with E-state index >= 15 is 0 Å². The number of halogens is 1. The van der Waals surface area contributed by atoms with Crippen molar-refractivity contribution >= 4 is 23.2 Å². The molecule has 22 heavy (non-hydrogen) atoms. The van der Waals surface area contributed by atoms with Crippen LogP contribution in [0.2, 0.25) is 5.02 Å². The third-order valence-electron chi connectivity index (χ3n) is 4.86. The molecule has 1 saturated carbocycles. The van der Waals surface area contributed by atoms with Crippen LogP contribution < -0.4 is 4.90 Å². The van der Waals surface area contributed by atoms with Crippen molar-refractivity contribution in [2.24, 2.45) is 0 Å². The number of rotatable bonds is 3.